The summed E-state index contributed by atoms with van der Waals surface area (Å²) in [5.74, 6) is 0.335. The standard InChI is InChI=1S/C14H12BrNO2/c1-10(17)13-3-2-8-16-14(13)18-9-11-4-6-12(15)7-5-11/h2-8H,9H2,1H3. The number of aromatic nitrogens is 1. The summed E-state index contributed by atoms with van der Waals surface area (Å²) in [4.78, 5) is 15.5. The van der Waals surface area contributed by atoms with Crippen molar-refractivity contribution in [1.82, 2.24) is 4.98 Å². The van der Waals surface area contributed by atoms with Crippen molar-refractivity contribution < 1.29 is 9.53 Å². The Hall–Kier alpha value is -1.68. The number of carbonyl (C=O) groups is 1. The molecule has 3 nitrogen and oxygen atoms in total. The number of ketones is 1. The van der Waals surface area contributed by atoms with E-state index in [0.717, 1.165) is 10.0 Å². The van der Waals surface area contributed by atoms with Gasteiger partial charge in [-0.25, -0.2) is 4.98 Å². The molecule has 0 spiro atoms. The van der Waals surface area contributed by atoms with Gasteiger partial charge < -0.3 is 4.74 Å². The minimum atomic E-state index is -0.0473. The summed E-state index contributed by atoms with van der Waals surface area (Å²) in [7, 11) is 0. The van der Waals surface area contributed by atoms with Crippen molar-refractivity contribution >= 4 is 21.7 Å². The van der Waals surface area contributed by atoms with E-state index in [1.165, 1.54) is 6.92 Å². The lowest BCUT2D eigenvalue weighted by atomic mass is 10.2. The van der Waals surface area contributed by atoms with Gasteiger partial charge in [0.25, 0.3) is 0 Å². The van der Waals surface area contributed by atoms with Crippen LogP contribution in [-0.2, 0) is 6.61 Å². The maximum absolute atomic E-state index is 11.4. The summed E-state index contributed by atoms with van der Waals surface area (Å²) in [6.07, 6.45) is 1.61. The topological polar surface area (TPSA) is 39.2 Å². The van der Waals surface area contributed by atoms with Crippen molar-refractivity contribution in [2.45, 2.75) is 13.5 Å². The molecule has 0 aliphatic carbocycles. The average molecular weight is 306 g/mol. The Morgan fingerprint density at radius 1 is 1.28 bits per heavy atom. The van der Waals surface area contributed by atoms with E-state index in [1.807, 2.05) is 24.3 Å². The molecule has 2 aromatic rings. The van der Waals surface area contributed by atoms with Gasteiger partial charge in [0.1, 0.15) is 6.61 Å². The van der Waals surface area contributed by atoms with Crippen LogP contribution in [0.15, 0.2) is 47.1 Å². The van der Waals surface area contributed by atoms with Crippen molar-refractivity contribution in [3.63, 3.8) is 0 Å². The molecule has 0 aliphatic heterocycles. The van der Waals surface area contributed by atoms with Crippen molar-refractivity contribution in [2.24, 2.45) is 0 Å². The van der Waals surface area contributed by atoms with Crippen LogP contribution in [0.2, 0.25) is 0 Å². The first-order valence-electron chi connectivity index (χ1n) is 5.50. The van der Waals surface area contributed by atoms with Crippen molar-refractivity contribution in [3.8, 4) is 5.88 Å². The number of nitrogens with zero attached hydrogens (tertiary/aromatic N) is 1. The van der Waals surface area contributed by atoms with Gasteiger partial charge in [-0.15, -0.1) is 0 Å². The lowest BCUT2D eigenvalue weighted by molar-refractivity contribution is 0.101. The Labute approximate surface area is 114 Å². The van der Waals surface area contributed by atoms with Gasteiger partial charge in [-0.05, 0) is 36.8 Å². The molecule has 0 amide bonds. The Bertz CT molecular complexity index is 552. The van der Waals surface area contributed by atoms with Crippen LogP contribution in [0.3, 0.4) is 0 Å². The SMILES string of the molecule is CC(=O)c1cccnc1OCc1ccc(Br)cc1. The monoisotopic (exact) mass is 305 g/mol. The maximum atomic E-state index is 11.4. The molecule has 1 aromatic heterocycles. The maximum Gasteiger partial charge on any atom is 0.224 e. The van der Waals surface area contributed by atoms with Gasteiger partial charge in [0.05, 0.1) is 5.56 Å². The zero-order chi connectivity index (χ0) is 13.0. The van der Waals surface area contributed by atoms with Gasteiger partial charge in [-0.2, -0.15) is 0 Å². The van der Waals surface area contributed by atoms with E-state index in [1.54, 1.807) is 18.3 Å². The largest absolute Gasteiger partial charge is 0.472 e. The molecule has 0 saturated heterocycles. The van der Waals surface area contributed by atoms with Crippen LogP contribution in [-0.4, -0.2) is 10.8 Å². The Balaban J connectivity index is 2.10. The third kappa shape index (κ3) is 3.17. The Morgan fingerprint density at radius 2 is 2.00 bits per heavy atom. The van der Waals surface area contributed by atoms with Gasteiger partial charge >= 0.3 is 0 Å². The molecule has 1 heterocycles. The van der Waals surface area contributed by atoms with Crippen molar-refractivity contribution in [1.29, 1.82) is 0 Å². The lowest BCUT2D eigenvalue weighted by Gasteiger charge is -2.08. The predicted molar refractivity (Wildman–Crippen MR) is 72.7 cm³/mol. The summed E-state index contributed by atoms with van der Waals surface area (Å²) in [5, 5.41) is 0. The number of carbonyl (C=O) groups excluding carboxylic acids is 1. The first kappa shape index (κ1) is 12.8. The van der Waals surface area contributed by atoms with E-state index in [4.69, 9.17) is 4.74 Å². The van der Waals surface area contributed by atoms with E-state index >= 15 is 0 Å². The summed E-state index contributed by atoms with van der Waals surface area (Å²) in [6.45, 7) is 1.90. The molecule has 0 aliphatic rings. The summed E-state index contributed by atoms with van der Waals surface area (Å²) < 4.78 is 6.60. The number of rotatable bonds is 4. The molecule has 0 fully saturated rings. The second-order valence-electron chi connectivity index (χ2n) is 3.83. The van der Waals surface area contributed by atoms with Crippen molar-refractivity contribution in [3.05, 3.63) is 58.2 Å². The van der Waals surface area contributed by atoms with Crippen LogP contribution in [0.1, 0.15) is 22.8 Å². The number of benzene rings is 1. The number of halogens is 1. The first-order valence-corrected chi connectivity index (χ1v) is 6.29. The smallest absolute Gasteiger partial charge is 0.224 e. The highest BCUT2D eigenvalue weighted by atomic mass is 79.9. The van der Waals surface area contributed by atoms with Crippen LogP contribution < -0.4 is 4.74 Å². The van der Waals surface area contributed by atoms with Gasteiger partial charge in [0.15, 0.2) is 5.78 Å². The second-order valence-corrected chi connectivity index (χ2v) is 4.74. The summed E-state index contributed by atoms with van der Waals surface area (Å²) in [5.41, 5.74) is 1.54. The van der Waals surface area contributed by atoms with E-state index < -0.39 is 0 Å². The van der Waals surface area contributed by atoms with Gasteiger partial charge in [-0.3, -0.25) is 4.79 Å². The molecule has 92 valence electrons. The van der Waals surface area contributed by atoms with Crippen LogP contribution in [0.5, 0.6) is 5.88 Å². The molecular weight excluding hydrogens is 294 g/mol. The molecule has 0 N–H and O–H groups in total. The fourth-order valence-corrected chi connectivity index (χ4v) is 1.77. The highest BCUT2D eigenvalue weighted by Crippen LogP contribution is 2.17. The van der Waals surface area contributed by atoms with Crippen LogP contribution in [0, 0.1) is 0 Å². The van der Waals surface area contributed by atoms with Gasteiger partial charge in [0, 0.05) is 10.7 Å². The van der Waals surface area contributed by atoms with E-state index in [2.05, 4.69) is 20.9 Å². The molecule has 18 heavy (non-hydrogen) atoms. The molecule has 0 saturated carbocycles. The lowest BCUT2D eigenvalue weighted by Crippen LogP contribution is -2.03. The molecule has 1 aromatic carbocycles. The molecule has 0 unspecified atom stereocenters. The fraction of sp³-hybridized carbons (Fsp3) is 0.143. The van der Waals surface area contributed by atoms with Gasteiger partial charge in [-0.1, -0.05) is 28.1 Å². The van der Waals surface area contributed by atoms with Crippen molar-refractivity contribution in [2.75, 3.05) is 0 Å². The average Bonchev–Trinajstić information content (AvgIpc) is 2.38. The quantitative estimate of drug-likeness (QED) is 0.810. The third-order valence-corrected chi connectivity index (χ3v) is 2.97. The third-order valence-electron chi connectivity index (χ3n) is 2.44. The van der Waals surface area contributed by atoms with Gasteiger partial charge in [0.2, 0.25) is 5.88 Å². The molecule has 0 bridgehead atoms. The minimum Gasteiger partial charge on any atom is -0.472 e. The van der Waals surface area contributed by atoms with Crippen LogP contribution in [0.25, 0.3) is 0 Å². The molecule has 4 heteroatoms. The zero-order valence-corrected chi connectivity index (χ0v) is 11.5. The fourth-order valence-electron chi connectivity index (χ4n) is 1.51. The number of hydrogen-bond donors (Lipinski definition) is 0. The highest BCUT2D eigenvalue weighted by Gasteiger charge is 2.08. The van der Waals surface area contributed by atoms with E-state index in [0.29, 0.717) is 18.1 Å². The minimum absolute atomic E-state index is 0.0473. The number of ether oxygens (including phenoxy) is 1. The second kappa shape index (κ2) is 5.78. The zero-order valence-electron chi connectivity index (χ0n) is 9.89. The predicted octanol–water partition coefficient (Wildman–Crippen LogP) is 3.63. The molecule has 2 rings (SSSR count). The Kier molecular flexibility index (Phi) is 4.10. The number of Topliss-reactive ketones (excluding diaryl/α,β-unsaturated/α-hetero) is 1. The summed E-state index contributed by atoms with van der Waals surface area (Å²) >= 11 is 3.37. The number of pyridine rings is 1. The first-order chi connectivity index (χ1) is 8.66. The van der Waals surface area contributed by atoms with Crippen LogP contribution >= 0.6 is 15.9 Å². The van der Waals surface area contributed by atoms with E-state index in [-0.39, 0.29) is 5.78 Å². The molecular formula is C14H12BrNO2. The molecule has 0 radical (unpaired) electrons. The van der Waals surface area contributed by atoms with E-state index in [9.17, 15) is 4.79 Å². The van der Waals surface area contributed by atoms with Crippen LogP contribution in [0.4, 0.5) is 0 Å². The molecule has 0 atom stereocenters. The summed E-state index contributed by atoms with van der Waals surface area (Å²) in [6, 6.07) is 11.3. The Morgan fingerprint density at radius 3 is 2.67 bits per heavy atom. The highest BCUT2D eigenvalue weighted by molar-refractivity contribution is 9.10. The number of hydrogen-bond acceptors (Lipinski definition) is 3. The normalized spacial score (nSPS) is 10.1.